The van der Waals surface area contributed by atoms with Crippen LogP contribution in [0.3, 0.4) is 0 Å². The molecule has 0 atom stereocenters. The predicted molar refractivity (Wildman–Crippen MR) is 95.6 cm³/mol. The summed E-state index contributed by atoms with van der Waals surface area (Å²) >= 11 is 3.47. The van der Waals surface area contributed by atoms with E-state index < -0.39 is 0 Å². The van der Waals surface area contributed by atoms with E-state index >= 15 is 0 Å². The summed E-state index contributed by atoms with van der Waals surface area (Å²) in [5.41, 5.74) is 1.55. The van der Waals surface area contributed by atoms with Gasteiger partial charge in [-0.2, -0.15) is 0 Å². The van der Waals surface area contributed by atoms with Crippen LogP contribution in [0.25, 0.3) is 10.8 Å². The highest BCUT2D eigenvalue weighted by Gasteiger charge is 2.16. The van der Waals surface area contributed by atoms with E-state index in [-0.39, 0.29) is 11.7 Å². The number of carbonyl (C=O) groups excluding carboxylic acids is 1. The van der Waals surface area contributed by atoms with Crippen molar-refractivity contribution in [1.29, 1.82) is 0 Å². The molecule has 23 heavy (non-hydrogen) atoms. The lowest BCUT2D eigenvalue weighted by atomic mass is 10.0. The number of fused-ring (bicyclic) bond motifs is 1. The number of hydrogen-bond donors (Lipinski definition) is 1. The first kappa shape index (κ1) is 15.6. The van der Waals surface area contributed by atoms with Gasteiger partial charge in [-0.3, -0.25) is 4.79 Å². The molecule has 4 heteroatoms. The van der Waals surface area contributed by atoms with Crippen LogP contribution in [0.4, 0.5) is 0 Å². The zero-order chi connectivity index (χ0) is 16.4. The van der Waals surface area contributed by atoms with Gasteiger partial charge in [0.25, 0.3) is 5.91 Å². The molecule has 0 unspecified atom stereocenters. The maximum absolute atomic E-state index is 12.8. The molecule has 0 spiro atoms. The minimum absolute atomic E-state index is 0.0501. The number of rotatable bonds is 3. The first-order valence-corrected chi connectivity index (χ1v) is 8.05. The van der Waals surface area contributed by atoms with Crippen LogP contribution >= 0.6 is 15.9 Å². The van der Waals surface area contributed by atoms with Gasteiger partial charge in [-0.1, -0.05) is 52.3 Å². The fourth-order valence-electron chi connectivity index (χ4n) is 2.66. The Bertz CT molecular complexity index is 876. The van der Waals surface area contributed by atoms with Gasteiger partial charge in [-0.05, 0) is 40.6 Å². The van der Waals surface area contributed by atoms with E-state index in [4.69, 9.17) is 0 Å². The molecule has 0 radical (unpaired) electrons. The zero-order valence-corrected chi connectivity index (χ0v) is 14.2. The molecular weight excluding hydrogens is 354 g/mol. The monoisotopic (exact) mass is 369 g/mol. The van der Waals surface area contributed by atoms with Crippen LogP contribution in [-0.4, -0.2) is 23.0 Å². The Kier molecular flexibility index (Phi) is 4.35. The van der Waals surface area contributed by atoms with E-state index in [1.165, 1.54) is 0 Å². The Morgan fingerprint density at radius 2 is 1.87 bits per heavy atom. The molecule has 3 aromatic rings. The SMILES string of the molecule is CN(Cc1cccc(O)c1)C(=O)c1cc(Br)cc2ccccc12. The van der Waals surface area contributed by atoms with Crippen LogP contribution in [0.5, 0.6) is 5.75 Å². The summed E-state index contributed by atoms with van der Waals surface area (Å²) < 4.78 is 0.880. The largest absolute Gasteiger partial charge is 0.508 e. The number of halogens is 1. The first-order valence-electron chi connectivity index (χ1n) is 7.26. The molecule has 116 valence electrons. The molecule has 0 heterocycles. The summed E-state index contributed by atoms with van der Waals surface area (Å²) in [4.78, 5) is 14.5. The normalized spacial score (nSPS) is 10.7. The third-order valence-corrected chi connectivity index (χ3v) is 4.19. The Balaban J connectivity index is 1.93. The number of phenols is 1. The molecule has 1 amide bonds. The molecule has 0 saturated heterocycles. The van der Waals surface area contributed by atoms with Crippen LogP contribution < -0.4 is 0 Å². The van der Waals surface area contributed by atoms with Gasteiger partial charge in [0.2, 0.25) is 0 Å². The average Bonchev–Trinajstić information content (AvgIpc) is 2.53. The second-order valence-electron chi connectivity index (χ2n) is 5.51. The van der Waals surface area contributed by atoms with Crippen molar-refractivity contribution in [2.45, 2.75) is 6.54 Å². The average molecular weight is 370 g/mol. The van der Waals surface area contributed by atoms with Crippen molar-refractivity contribution in [3.05, 3.63) is 76.3 Å². The van der Waals surface area contributed by atoms with Crippen LogP contribution in [0, 0.1) is 0 Å². The van der Waals surface area contributed by atoms with Crippen LogP contribution in [0.2, 0.25) is 0 Å². The third kappa shape index (κ3) is 3.37. The van der Waals surface area contributed by atoms with Gasteiger partial charge in [0.05, 0.1) is 0 Å². The minimum Gasteiger partial charge on any atom is -0.508 e. The molecule has 0 fully saturated rings. The molecular formula is C19H16BrNO2. The van der Waals surface area contributed by atoms with Crippen LogP contribution in [0.15, 0.2) is 65.1 Å². The lowest BCUT2D eigenvalue weighted by Gasteiger charge is -2.19. The lowest BCUT2D eigenvalue weighted by Crippen LogP contribution is -2.26. The van der Waals surface area contributed by atoms with Crippen molar-refractivity contribution in [3.8, 4) is 5.75 Å². The minimum atomic E-state index is -0.0501. The second kappa shape index (κ2) is 6.42. The number of hydrogen-bond acceptors (Lipinski definition) is 2. The molecule has 1 N–H and O–H groups in total. The molecule has 0 saturated carbocycles. The van der Waals surface area contributed by atoms with Gasteiger partial charge >= 0.3 is 0 Å². The molecule has 0 bridgehead atoms. The highest BCUT2D eigenvalue weighted by Crippen LogP contribution is 2.25. The number of carbonyl (C=O) groups is 1. The van der Waals surface area contributed by atoms with Gasteiger partial charge in [-0.25, -0.2) is 0 Å². The first-order chi connectivity index (χ1) is 11.0. The topological polar surface area (TPSA) is 40.5 Å². The van der Waals surface area contributed by atoms with Crippen molar-refractivity contribution in [2.75, 3.05) is 7.05 Å². The summed E-state index contributed by atoms with van der Waals surface area (Å²) in [7, 11) is 1.77. The van der Waals surface area contributed by atoms with Gasteiger partial charge in [0.1, 0.15) is 5.75 Å². The Morgan fingerprint density at radius 3 is 2.65 bits per heavy atom. The van der Waals surface area contributed by atoms with Crippen LogP contribution in [0.1, 0.15) is 15.9 Å². The summed E-state index contributed by atoms with van der Waals surface area (Å²) in [6.45, 7) is 0.439. The van der Waals surface area contributed by atoms with E-state index in [2.05, 4.69) is 15.9 Å². The Hall–Kier alpha value is -2.33. The predicted octanol–water partition coefficient (Wildman–Crippen LogP) is 4.58. The van der Waals surface area contributed by atoms with E-state index in [1.807, 2.05) is 42.5 Å². The van der Waals surface area contributed by atoms with Crippen molar-refractivity contribution in [3.63, 3.8) is 0 Å². The van der Waals surface area contributed by atoms with Gasteiger partial charge < -0.3 is 10.0 Å². The van der Waals surface area contributed by atoms with Crippen molar-refractivity contribution in [2.24, 2.45) is 0 Å². The van der Waals surface area contributed by atoms with E-state index in [0.717, 1.165) is 20.8 Å². The van der Waals surface area contributed by atoms with Crippen molar-refractivity contribution < 1.29 is 9.90 Å². The zero-order valence-electron chi connectivity index (χ0n) is 12.7. The number of phenolic OH excluding ortho intramolecular Hbond substituents is 1. The van der Waals surface area contributed by atoms with Crippen LogP contribution in [-0.2, 0) is 6.54 Å². The van der Waals surface area contributed by atoms with E-state index in [1.54, 1.807) is 30.1 Å². The summed E-state index contributed by atoms with van der Waals surface area (Å²) in [6.07, 6.45) is 0. The maximum Gasteiger partial charge on any atom is 0.254 e. The summed E-state index contributed by atoms with van der Waals surface area (Å²) in [6, 6.07) is 18.6. The smallest absolute Gasteiger partial charge is 0.254 e. The second-order valence-corrected chi connectivity index (χ2v) is 6.42. The lowest BCUT2D eigenvalue weighted by molar-refractivity contribution is 0.0787. The highest BCUT2D eigenvalue weighted by molar-refractivity contribution is 9.10. The van der Waals surface area contributed by atoms with Gasteiger partial charge in [-0.15, -0.1) is 0 Å². The van der Waals surface area contributed by atoms with Gasteiger partial charge in [0, 0.05) is 23.6 Å². The molecule has 0 aliphatic carbocycles. The van der Waals surface area contributed by atoms with Gasteiger partial charge in [0.15, 0.2) is 0 Å². The number of nitrogens with zero attached hydrogens (tertiary/aromatic N) is 1. The molecule has 3 nitrogen and oxygen atoms in total. The fourth-order valence-corrected chi connectivity index (χ4v) is 3.13. The summed E-state index contributed by atoms with van der Waals surface area (Å²) in [5.74, 6) is 0.155. The number of aromatic hydroxyl groups is 1. The number of amides is 1. The maximum atomic E-state index is 12.8. The quantitative estimate of drug-likeness (QED) is 0.733. The summed E-state index contributed by atoms with van der Waals surface area (Å²) in [5, 5.41) is 11.5. The third-order valence-electron chi connectivity index (χ3n) is 3.73. The fraction of sp³-hybridized carbons (Fsp3) is 0.105. The molecule has 3 rings (SSSR count). The Morgan fingerprint density at radius 1 is 1.09 bits per heavy atom. The molecule has 0 aliphatic rings. The molecule has 3 aromatic carbocycles. The van der Waals surface area contributed by atoms with Crippen molar-refractivity contribution >= 4 is 32.6 Å². The Labute approximate surface area is 143 Å². The molecule has 0 aromatic heterocycles. The number of benzene rings is 3. The van der Waals surface area contributed by atoms with E-state index in [0.29, 0.717) is 12.1 Å². The van der Waals surface area contributed by atoms with Crippen molar-refractivity contribution in [1.82, 2.24) is 4.90 Å². The van der Waals surface area contributed by atoms with E-state index in [9.17, 15) is 9.90 Å². The highest BCUT2D eigenvalue weighted by atomic mass is 79.9. The standard InChI is InChI=1S/C19H16BrNO2/c1-21(12-13-5-4-7-16(22)9-13)19(23)18-11-15(20)10-14-6-2-3-8-17(14)18/h2-11,22H,12H2,1H3. The molecule has 0 aliphatic heterocycles.